The van der Waals surface area contributed by atoms with Gasteiger partial charge in [0.15, 0.2) is 0 Å². The Hall–Kier alpha value is -3.21. The van der Waals surface area contributed by atoms with Crippen LogP contribution < -0.4 is 15.6 Å². The van der Waals surface area contributed by atoms with Gasteiger partial charge in [-0.15, -0.1) is 0 Å². The molecule has 0 bridgehead atoms. The Balaban J connectivity index is 1.48. The third kappa shape index (κ3) is 5.02. The number of hydrogen-bond acceptors (Lipinski definition) is 8. The second-order valence-corrected chi connectivity index (χ2v) is 10.4. The van der Waals surface area contributed by atoms with Crippen LogP contribution in [0.4, 0.5) is 5.82 Å². The number of ether oxygens (including phenoxy) is 2. The number of carbonyl (C=O) groups excluding carboxylic acids is 1. The molecule has 36 heavy (non-hydrogen) atoms. The lowest BCUT2D eigenvalue weighted by Gasteiger charge is -2.15. The molecule has 1 amide bonds. The number of nitrogens with zero attached hydrogens (tertiary/aromatic N) is 3. The number of carbonyl (C=O) groups is 1. The summed E-state index contributed by atoms with van der Waals surface area (Å²) >= 11 is 6.70. The zero-order valence-electron chi connectivity index (χ0n) is 20.0. The van der Waals surface area contributed by atoms with Crippen molar-refractivity contribution in [2.75, 3.05) is 25.6 Å². The van der Waals surface area contributed by atoms with E-state index in [-0.39, 0.29) is 17.6 Å². The molecule has 3 aromatic rings. The van der Waals surface area contributed by atoms with E-state index in [0.717, 1.165) is 36.3 Å². The number of thioether (sulfide) groups is 1. The second-order valence-electron chi connectivity index (χ2n) is 8.75. The summed E-state index contributed by atoms with van der Waals surface area (Å²) in [4.78, 5) is 33.5. The highest BCUT2D eigenvalue weighted by Crippen LogP contribution is 2.34. The summed E-state index contributed by atoms with van der Waals surface area (Å²) in [5, 5.41) is 3.29. The average Bonchev–Trinajstić information content (AvgIpc) is 3.49. The molecule has 0 spiro atoms. The smallest absolute Gasteiger partial charge is 0.267 e. The Labute approximate surface area is 218 Å². The van der Waals surface area contributed by atoms with Gasteiger partial charge in [0.2, 0.25) is 0 Å². The summed E-state index contributed by atoms with van der Waals surface area (Å²) in [5.74, 6) is 0.936. The van der Waals surface area contributed by atoms with Crippen molar-refractivity contribution < 1.29 is 14.3 Å². The zero-order chi connectivity index (χ0) is 25.2. The number of rotatable bonds is 7. The van der Waals surface area contributed by atoms with Gasteiger partial charge in [0, 0.05) is 19.3 Å². The van der Waals surface area contributed by atoms with E-state index in [1.165, 1.54) is 16.2 Å². The fraction of sp³-hybridized carbons (Fsp3) is 0.308. The van der Waals surface area contributed by atoms with E-state index in [0.29, 0.717) is 39.3 Å². The van der Waals surface area contributed by atoms with E-state index in [9.17, 15) is 9.59 Å². The topological polar surface area (TPSA) is 85.2 Å². The molecule has 1 atom stereocenters. The number of nitrogens with one attached hydrogen (secondary N) is 1. The maximum Gasteiger partial charge on any atom is 0.267 e. The lowest BCUT2D eigenvalue weighted by molar-refractivity contribution is -0.122. The molecule has 0 saturated carbocycles. The van der Waals surface area contributed by atoms with Crippen molar-refractivity contribution in [2.24, 2.45) is 0 Å². The molecule has 4 heterocycles. The second kappa shape index (κ2) is 10.4. The number of thiocarbonyl (C=S) groups is 1. The molecule has 5 rings (SSSR count). The monoisotopic (exact) mass is 522 g/mol. The largest absolute Gasteiger partial charge is 0.497 e. The minimum Gasteiger partial charge on any atom is -0.497 e. The number of anilines is 1. The van der Waals surface area contributed by atoms with Gasteiger partial charge in [-0.2, -0.15) is 0 Å². The molecule has 2 aromatic heterocycles. The summed E-state index contributed by atoms with van der Waals surface area (Å²) in [5.41, 5.74) is 2.46. The third-order valence-corrected chi connectivity index (χ3v) is 7.55. The Kier molecular flexibility index (Phi) is 7.08. The lowest BCUT2D eigenvalue weighted by atomic mass is 10.2. The zero-order valence-corrected chi connectivity index (χ0v) is 21.7. The van der Waals surface area contributed by atoms with E-state index < -0.39 is 0 Å². The van der Waals surface area contributed by atoms with Crippen LogP contribution in [-0.2, 0) is 16.1 Å². The van der Waals surface area contributed by atoms with E-state index in [2.05, 4.69) is 5.32 Å². The Morgan fingerprint density at radius 2 is 2.06 bits per heavy atom. The van der Waals surface area contributed by atoms with E-state index >= 15 is 0 Å². The van der Waals surface area contributed by atoms with Crippen LogP contribution in [0.25, 0.3) is 11.7 Å². The fourth-order valence-corrected chi connectivity index (χ4v) is 5.46. The maximum atomic E-state index is 13.5. The highest BCUT2D eigenvalue weighted by atomic mass is 32.2. The Morgan fingerprint density at radius 3 is 2.78 bits per heavy atom. The Bertz CT molecular complexity index is 1410. The number of fused-ring (bicyclic) bond motifs is 1. The SMILES string of the molecule is COc1ccc(CN2C(=O)/C(=C\c3c(NCC4CCCO4)nc4ccc(C)cn4c3=O)SC2=S)cc1. The summed E-state index contributed by atoms with van der Waals surface area (Å²) in [6.07, 6.45) is 5.40. The standard InChI is InChI=1S/C26H26N4O4S2/c1-16-5-10-22-28-23(27-13-19-4-3-11-34-19)20(24(31)29(22)14-16)12-21-25(32)30(26(35)36-21)15-17-6-8-18(33-2)9-7-17/h5-10,12,14,19,27H,3-4,11,13,15H2,1-2H3/b21-12+. The quantitative estimate of drug-likeness (QED) is 0.368. The van der Waals surface area contributed by atoms with E-state index in [4.69, 9.17) is 26.7 Å². The molecule has 0 aliphatic carbocycles. The van der Waals surface area contributed by atoms with Crippen molar-refractivity contribution in [1.29, 1.82) is 0 Å². The van der Waals surface area contributed by atoms with Crippen molar-refractivity contribution >= 4 is 51.7 Å². The van der Waals surface area contributed by atoms with Crippen LogP contribution in [0.15, 0.2) is 52.3 Å². The normalized spacial score (nSPS) is 19.0. The molecule has 2 aliphatic rings. The first kappa shape index (κ1) is 24.5. The molecule has 1 N–H and O–H groups in total. The first-order chi connectivity index (χ1) is 17.4. The van der Waals surface area contributed by atoms with Crippen LogP contribution >= 0.6 is 24.0 Å². The van der Waals surface area contributed by atoms with Crippen LogP contribution in [0.5, 0.6) is 5.75 Å². The average molecular weight is 523 g/mol. The van der Waals surface area contributed by atoms with Crippen LogP contribution in [0, 0.1) is 6.92 Å². The minimum absolute atomic E-state index is 0.0684. The number of amides is 1. The van der Waals surface area contributed by atoms with Crippen LogP contribution in [0.1, 0.15) is 29.5 Å². The van der Waals surface area contributed by atoms with Gasteiger partial charge in [0.1, 0.15) is 21.5 Å². The molecule has 8 nitrogen and oxygen atoms in total. The molecule has 1 unspecified atom stereocenters. The van der Waals surface area contributed by atoms with Crippen molar-refractivity contribution in [3.8, 4) is 5.75 Å². The van der Waals surface area contributed by atoms with Gasteiger partial charge in [0.25, 0.3) is 11.5 Å². The van der Waals surface area contributed by atoms with Gasteiger partial charge >= 0.3 is 0 Å². The molecule has 186 valence electrons. The van der Waals surface area contributed by atoms with Crippen LogP contribution in [0.3, 0.4) is 0 Å². The molecule has 2 fully saturated rings. The summed E-state index contributed by atoms with van der Waals surface area (Å²) in [6.45, 7) is 3.53. The molecule has 2 aliphatic heterocycles. The molecular formula is C26H26N4O4S2. The predicted octanol–water partition coefficient (Wildman–Crippen LogP) is 4.00. The third-order valence-electron chi connectivity index (χ3n) is 6.18. The molecule has 0 radical (unpaired) electrons. The van der Waals surface area contributed by atoms with Gasteiger partial charge in [-0.25, -0.2) is 4.98 Å². The maximum absolute atomic E-state index is 13.5. The van der Waals surface area contributed by atoms with Crippen molar-refractivity contribution in [2.45, 2.75) is 32.4 Å². The first-order valence-corrected chi connectivity index (χ1v) is 12.9. The van der Waals surface area contributed by atoms with Gasteiger partial charge < -0.3 is 14.8 Å². The molecule has 10 heteroatoms. The van der Waals surface area contributed by atoms with Crippen molar-refractivity contribution in [3.63, 3.8) is 0 Å². The molecule has 1 aromatic carbocycles. The number of pyridine rings is 1. The first-order valence-electron chi connectivity index (χ1n) is 11.7. The molecular weight excluding hydrogens is 496 g/mol. The van der Waals surface area contributed by atoms with Crippen molar-refractivity contribution in [1.82, 2.24) is 14.3 Å². The van der Waals surface area contributed by atoms with Gasteiger partial charge in [-0.3, -0.25) is 18.9 Å². The van der Waals surface area contributed by atoms with Crippen LogP contribution in [0.2, 0.25) is 0 Å². The predicted molar refractivity (Wildman–Crippen MR) is 145 cm³/mol. The van der Waals surface area contributed by atoms with Crippen molar-refractivity contribution in [3.05, 3.63) is 74.5 Å². The van der Waals surface area contributed by atoms with Crippen LogP contribution in [-0.4, -0.2) is 50.9 Å². The summed E-state index contributed by atoms with van der Waals surface area (Å²) < 4.78 is 12.9. The summed E-state index contributed by atoms with van der Waals surface area (Å²) in [7, 11) is 1.61. The number of methoxy groups -OCH3 is 1. The highest BCUT2D eigenvalue weighted by Gasteiger charge is 2.33. The Morgan fingerprint density at radius 1 is 1.25 bits per heavy atom. The van der Waals surface area contributed by atoms with E-state index in [1.807, 2.05) is 43.3 Å². The highest BCUT2D eigenvalue weighted by molar-refractivity contribution is 8.26. The fourth-order valence-electron chi connectivity index (χ4n) is 4.22. The number of hydrogen-bond donors (Lipinski definition) is 1. The van der Waals surface area contributed by atoms with Gasteiger partial charge in [-0.1, -0.05) is 42.2 Å². The van der Waals surface area contributed by atoms with Gasteiger partial charge in [0.05, 0.1) is 30.2 Å². The van der Waals surface area contributed by atoms with Gasteiger partial charge in [-0.05, 0) is 55.2 Å². The number of aromatic nitrogens is 2. The number of aryl methyl sites for hydroxylation is 1. The lowest BCUT2D eigenvalue weighted by Crippen LogP contribution is -2.27. The minimum atomic E-state index is -0.251. The van der Waals surface area contributed by atoms with E-state index in [1.54, 1.807) is 24.3 Å². The summed E-state index contributed by atoms with van der Waals surface area (Å²) in [6, 6.07) is 11.2. The number of benzene rings is 1. The molecule has 2 saturated heterocycles.